The van der Waals surface area contributed by atoms with Crippen molar-refractivity contribution in [3.05, 3.63) is 72.3 Å². The van der Waals surface area contributed by atoms with Crippen molar-refractivity contribution in [1.29, 1.82) is 0 Å². The highest BCUT2D eigenvalue weighted by atomic mass is 32.2. The number of carboxylic acid groups (broad SMARTS) is 1. The fourth-order valence-electron chi connectivity index (χ4n) is 3.00. The van der Waals surface area contributed by atoms with E-state index in [1.807, 2.05) is 30.3 Å². The number of hydrogen-bond donors (Lipinski definition) is 3. The number of rotatable bonds is 9. The van der Waals surface area contributed by atoms with Gasteiger partial charge in [-0.2, -0.15) is 0 Å². The van der Waals surface area contributed by atoms with Crippen molar-refractivity contribution in [1.82, 2.24) is 20.6 Å². The quantitative estimate of drug-likeness (QED) is 0.329. The Morgan fingerprint density at radius 1 is 1.03 bits per heavy atom. The van der Waals surface area contributed by atoms with Gasteiger partial charge >= 0.3 is 5.97 Å². The predicted molar refractivity (Wildman–Crippen MR) is 124 cm³/mol. The number of nitrogens with one attached hydrogen (secondary N) is 2. The summed E-state index contributed by atoms with van der Waals surface area (Å²) in [5, 5.41) is 25.7. The molecule has 4 aromatic rings. The van der Waals surface area contributed by atoms with E-state index in [9.17, 15) is 9.59 Å². The molecule has 3 N–H and O–H groups in total. The van der Waals surface area contributed by atoms with Crippen molar-refractivity contribution in [2.24, 2.45) is 0 Å². The first-order valence-corrected chi connectivity index (χ1v) is 10.8. The number of nitrogens with zero attached hydrogens (tertiary/aromatic N) is 3. The van der Waals surface area contributed by atoms with Gasteiger partial charge in [0.25, 0.3) is 5.91 Å². The molecule has 0 spiro atoms. The molecule has 1 amide bonds. The van der Waals surface area contributed by atoms with Gasteiger partial charge in [-0.3, -0.25) is 4.79 Å². The molecule has 0 aliphatic carbocycles. The van der Waals surface area contributed by atoms with E-state index in [0.29, 0.717) is 28.6 Å². The number of aliphatic carboxylic acids is 1. The number of H-pyrrole nitrogens is 1. The van der Waals surface area contributed by atoms with Crippen LogP contribution in [0.4, 0.5) is 5.69 Å². The average molecular weight is 478 g/mol. The lowest BCUT2D eigenvalue weighted by Crippen LogP contribution is -2.13. The maximum absolute atomic E-state index is 12.9. The zero-order valence-corrected chi connectivity index (χ0v) is 18.7. The van der Waals surface area contributed by atoms with Gasteiger partial charge in [-0.05, 0) is 65.0 Å². The van der Waals surface area contributed by atoms with Gasteiger partial charge in [0.1, 0.15) is 11.5 Å². The summed E-state index contributed by atoms with van der Waals surface area (Å²) in [6.45, 7) is -0.455. The maximum atomic E-state index is 12.9. The van der Waals surface area contributed by atoms with Crippen molar-refractivity contribution in [2.45, 2.75) is 9.79 Å². The van der Waals surface area contributed by atoms with Crippen LogP contribution in [0.3, 0.4) is 0 Å². The minimum atomic E-state index is -1.08. The number of carbonyl (C=O) groups excluding carboxylic acids is 1. The first-order valence-electron chi connectivity index (χ1n) is 9.98. The van der Waals surface area contributed by atoms with Crippen LogP contribution in [-0.4, -0.2) is 51.3 Å². The molecule has 4 rings (SSSR count). The fourth-order valence-corrected chi connectivity index (χ4v) is 4.06. The molecule has 0 radical (unpaired) electrons. The lowest BCUT2D eigenvalue weighted by molar-refractivity contribution is -0.139. The first-order chi connectivity index (χ1) is 16.5. The van der Waals surface area contributed by atoms with Crippen molar-refractivity contribution in [3.63, 3.8) is 0 Å². The number of ether oxygens (including phenoxy) is 2. The molecule has 172 valence electrons. The average Bonchev–Trinajstić information content (AvgIpc) is 3.39. The van der Waals surface area contributed by atoms with Crippen LogP contribution in [0.25, 0.3) is 11.4 Å². The molecular weight excluding hydrogens is 458 g/mol. The number of carbonyl (C=O) groups is 2. The zero-order valence-electron chi connectivity index (χ0n) is 17.9. The number of aromatic amines is 1. The summed E-state index contributed by atoms with van der Waals surface area (Å²) in [5.74, 6) is 0.121. The molecule has 3 aromatic carbocycles. The van der Waals surface area contributed by atoms with Gasteiger partial charge in [-0.1, -0.05) is 23.9 Å². The summed E-state index contributed by atoms with van der Waals surface area (Å²) in [6.07, 6.45) is 0. The van der Waals surface area contributed by atoms with E-state index < -0.39 is 12.6 Å². The normalized spacial score (nSPS) is 10.5. The van der Waals surface area contributed by atoms with E-state index >= 15 is 0 Å². The van der Waals surface area contributed by atoms with E-state index in [1.54, 1.807) is 43.5 Å². The molecule has 0 aliphatic rings. The van der Waals surface area contributed by atoms with Crippen molar-refractivity contribution in [3.8, 4) is 22.9 Å². The third-order valence-corrected chi connectivity index (χ3v) is 5.76. The summed E-state index contributed by atoms with van der Waals surface area (Å²) in [5.41, 5.74) is 1.80. The maximum Gasteiger partial charge on any atom is 0.341 e. The molecule has 0 bridgehead atoms. The number of tetrazole rings is 1. The lowest BCUT2D eigenvalue weighted by atomic mass is 10.2. The van der Waals surface area contributed by atoms with Crippen LogP contribution in [0.5, 0.6) is 11.5 Å². The van der Waals surface area contributed by atoms with E-state index in [2.05, 4.69) is 25.9 Å². The smallest absolute Gasteiger partial charge is 0.341 e. The lowest BCUT2D eigenvalue weighted by Gasteiger charge is -2.14. The molecule has 0 aliphatic heterocycles. The standard InChI is InChI=1S/C23H19N5O5S/c1-32-16-10-11-18(24-23(31)14-6-8-15(9-7-14)33-13-21(29)30)20(12-16)34-19-5-3-2-4-17(19)22-25-27-28-26-22/h2-12H,13H2,1H3,(H,24,31)(H,29,30)(H,25,26,27,28). The Hall–Kier alpha value is -4.38. The summed E-state index contributed by atoms with van der Waals surface area (Å²) in [6, 6.07) is 19.2. The second kappa shape index (κ2) is 10.5. The molecule has 0 saturated carbocycles. The highest BCUT2D eigenvalue weighted by molar-refractivity contribution is 7.99. The van der Waals surface area contributed by atoms with Crippen molar-refractivity contribution >= 4 is 29.3 Å². The largest absolute Gasteiger partial charge is 0.497 e. The summed E-state index contributed by atoms with van der Waals surface area (Å²) in [4.78, 5) is 25.2. The second-order valence-corrected chi connectivity index (χ2v) is 7.95. The van der Waals surface area contributed by atoms with E-state index in [4.69, 9.17) is 14.6 Å². The van der Waals surface area contributed by atoms with Gasteiger partial charge in [0.2, 0.25) is 0 Å². The third kappa shape index (κ3) is 5.51. The van der Waals surface area contributed by atoms with Crippen molar-refractivity contribution < 1.29 is 24.2 Å². The Balaban J connectivity index is 1.57. The van der Waals surface area contributed by atoms with Gasteiger partial charge in [-0.25, -0.2) is 9.89 Å². The second-order valence-electron chi connectivity index (χ2n) is 6.87. The molecule has 34 heavy (non-hydrogen) atoms. The minimum absolute atomic E-state index is 0.329. The summed E-state index contributed by atoms with van der Waals surface area (Å²) < 4.78 is 10.5. The Morgan fingerprint density at radius 2 is 1.79 bits per heavy atom. The molecule has 0 unspecified atom stereocenters. The van der Waals surface area contributed by atoms with Crippen LogP contribution in [-0.2, 0) is 4.79 Å². The summed E-state index contributed by atoms with van der Waals surface area (Å²) >= 11 is 1.43. The number of methoxy groups -OCH3 is 1. The fraction of sp³-hybridized carbons (Fsp3) is 0.0870. The van der Waals surface area contributed by atoms with Crippen molar-refractivity contribution in [2.75, 3.05) is 19.0 Å². The Morgan fingerprint density at radius 3 is 2.50 bits per heavy atom. The van der Waals surface area contributed by atoms with Gasteiger partial charge in [0.05, 0.1) is 12.8 Å². The van der Waals surface area contributed by atoms with Gasteiger partial charge < -0.3 is 19.9 Å². The SMILES string of the molecule is COc1ccc(NC(=O)c2ccc(OCC(=O)O)cc2)c(Sc2ccccc2-c2nnn[nH]2)c1. The zero-order chi connectivity index (χ0) is 23.9. The first kappa shape index (κ1) is 22.8. The molecule has 0 saturated heterocycles. The van der Waals surface area contributed by atoms with E-state index in [-0.39, 0.29) is 5.91 Å². The number of amides is 1. The van der Waals surface area contributed by atoms with Gasteiger partial charge in [0, 0.05) is 20.9 Å². The number of anilines is 1. The molecular formula is C23H19N5O5S. The van der Waals surface area contributed by atoms with Crippen LogP contribution in [0.1, 0.15) is 10.4 Å². The Kier molecular flexibility index (Phi) is 7.04. The van der Waals surface area contributed by atoms with Crippen LogP contribution >= 0.6 is 11.8 Å². The molecule has 0 atom stereocenters. The highest BCUT2D eigenvalue weighted by Gasteiger charge is 2.15. The molecule has 0 fully saturated rings. The molecule has 10 nitrogen and oxygen atoms in total. The Bertz CT molecular complexity index is 1300. The molecule has 1 aromatic heterocycles. The van der Waals surface area contributed by atoms with E-state index in [0.717, 1.165) is 15.4 Å². The number of aromatic nitrogens is 4. The van der Waals surface area contributed by atoms with Crippen LogP contribution < -0.4 is 14.8 Å². The Labute approximate surface area is 198 Å². The number of hydrogen-bond acceptors (Lipinski definition) is 8. The minimum Gasteiger partial charge on any atom is -0.497 e. The topological polar surface area (TPSA) is 139 Å². The van der Waals surface area contributed by atoms with Crippen LogP contribution in [0.15, 0.2) is 76.5 Å². The summed E-state index contributed by atoms with van der Waals surface area (Å²) in [7, 11) is 1.57. The molecule has 11 heteroatoms. The molecule has 1 heterocycles. The van der Waals surface area contributed by atoms with Gasteiger partial charge in [0.15, 0.2) is 12.4 Å². The van der Waals surface area contributed by atoms with Crippen LogP contribution in [0, 0.1) is 0 Å². The third-order valence-electron chi connectivity index (χ3n) is 4.62. The number of carboxylic acids is 1. The predicted octanol–water partition coefficient (Wildman–Crippen LogP) is 3.74. The highest BCUT2D eigenvalue weighted by Crippen LogP contribution is 2.40. The number of benzene rings is 3. The monoisotopic (exact) mass is 477 g/mol. The van der Waals surface area contributed by atoms with Gasteiger partial charge in [-0.15, -0.1) is 5.10 Å². The van der Waals surface area contributed by atoms with Crippen LogP contribution in [0.2, 0.25) is 0 Å². The van der Waals surface area contributed by atoms with E-state index in [1.165, 1.54) is 11.8 Å².